The van der Waals surface area contributed by atoms with Crippen molar-refractivity contribution in [3.05, 3.63) is 36.6 Å². The fourth-order valence-corrected chi connectivity index (χ4v) is 0.493. The van der Waals surface area contributed by atoms with Gasteiger partial charge in [0.1, 0.15) is 5.76 Å². The third-order valence-electron chi connectivity index (χ3n) is 0.909. The van der Waals surface area contributed by atoms with Gasteiger partial charge in [-0.25, -0.2) is 0 Å². The van der Waals surface area contributed by atoms with E-state index in [-0.39, 0.29) is 5.76 Å². The lowest BCUT2D eigenvalue weighted by Crippen LogP contribution is -2.30. The highest BCUT2D eigenvalue weighted by molar-refractivity contribution is 5.16. The Morgan fingerprint density at radius 3 is 2.33 bits per heavy atom. The lowest BCUT2D eigenvalue weighted by atomic mass is 10.4. The average Bonchev–Trinajstić information content (AvgIpc) is 1.95. The normalized spacial score (nSPS) is 13.5. The van der Waals surface area contributed by atoms with Crippen LogP contribution < -0.4 is 0 Å². The van der Waals surface area contributed by atoms with Crippen LogP contribution in [0.1, 0.15) is 6.92 Å². The first-order valence-corrected chi connectivity index (χ1v) is 3.31. The third-order valence-corrected chi connectivity index (χ3v) is 0.909. The van der Waals surface area contributed by atoms with Crippen molar-refractivity contribution in [2.75, 3.05) is 0 Å². The van der Waals surface area contributed by atoms with Gasteiger partial charge >= 0.3 is 6.16 Å². The van der Waals surface area contributed by atoms with Gasteiger partial charge in [-0.3, -0.25) is 0 Å². The maximum Gasteiger partial charge on any atom is 0.453 e. The molecule has 0 rings (SSSR count). The van der Waals surface area contributed by atoms with E-state index in [1.54, 1.807) is 19.1 Å². The van der Waals surface area contributed by atoms with Gasteiger partial charge in [-0.2, -0.15) is 0 Å². The predicted molar refractivity (Wildman–Crippen MR) is 43.6 cm³/mol. The molecule has 0 aromatic carbocycles. The van der Waals surface area contributed by atoms with Crippen LogP contribution in [-0.4, -0.2) is 21.5 Å². The van der Waals surface area contributed by atoms with Crippen molar-refractivity contribution in [3.8, 4) is 0 Å². The van der Waals surface area contributed by atoms with Crippen LogP contribution in [0.3, 0.4) is 0 Å². The average molecular weight is 172 g/mol. The summed E-state index contributed by atoms with van der Waals surface area (Å²) in [6.07, 6.45) is 2.81. The van der Waals surface area contributed by atoms with E-state index in [1.807, 2.05) is 0 Å². The first-order chi connectivity index (χ1) is 5.49. The van der Waals surface area contributed by atoms with Gasteiger partial charge < -0.3 is 20.1 Å². The minimum Gasteiger partial charge on any atom is -0.417 e. The smallest absolute Gasteiger partial charge is 0.417 e. The number of aliphatic hydroxyl groups is 3. The van der Waals surface area contributed by atoms with Crippen LogP contribution in [0.5, 0.6) is 0 Å². The van der Waals surface area contributed by atoms with Crippen LogP contribution in [0.15, 0.2) is 36.6 Å². The molecule has 0 aliphatic rings. The number of hydrogen-bond acceptors (Lipinski definition) is 4. The van der Waals surface area contributed by atoms with E-state index in [9.17, 15) is 0 Å². The number of allylic oxidation sites excluding steroid dienone is 4. The van der Waals surface area contributed by atoms with E-state index < -0.39 is 6.16 Å². The minimum absolute atomic E-state index is 0.0561. The van der Waals surface area contributed by atoms with Crippen molar-refractivity contribution >= 4 is 0 Å². The number of ether oxygens (including phenoxy) is 1. The summed E-state index contributed by atoms with van der Waals surface area (Å²) in [6.45, 7) is 5.12. The Balaban J connectivity index is 4.28. The van der Waals surface area contributed by atoms with E-state index in [0.717, 1.165) is 0 Å². The molecule has 0 saturated carbocycles. The molecule has 68 valence electrons. The van der Waals surface area contributed by atoms with Crippen molar-refractivity contribution in [2.24, 2.45) is 0 Å². The van der Waals surface area contributed by atoms with E-state index in [2.05, 4.69) is 11.3 Å². The van der Waals surface area contributed by atoms with Crippen LogP contribution in [0.2, 0.25) is 0 Å². The Morgan fingerprint density at radius 2 is 2.00 bits per heavy atom. The summed E-state index contributed by atoms with van der Waals surface area (Å²) < 4.78 is 4.25. The lowest BCUT2D eigenvalue weighted by molar-refractivity contribution is -0.440. The number of rotatable bonds is 4. The van der Waals surface area contributed by atoms with Crippen LogP contribution in [0.4, 0.5) is 0 Å². The van der Waals surface area contributed by atoms with Gasteiger partial charge in [0.2, 0.25) is 0 Å². The molecule has 0 saturated heterocycles. The van der Waals surface area contributed by atoms with Crippen molar-refractivity contribution < 1.29 is 20.1 Å². The molecule has 0 unspecified atom stereocenters. The minimum atomic E-state index is -3.15. The molecule has 4 heteroatoms. The SMILES string of the molecule is C=C/C(=C\C=C/C)OC(O)(O)O. The molecule has 0 aromatic heterocycles. The quantitative estimate of drug-likeness (QED) is 0.322. The third kappa shape index (κ3) is 5.67. The lowest BCUT2D eigenvalue weighted by Gasteiger charge is -2.15. The standard InChI is InChI=1S/C8H12O4/c1-3-5-6-7(4-2)12-8(9,10)11/h3-6,9-11H,2H2,1H3/b5-3-,7-6+. The van der Waals surface area contributed by atoms with Gasteiger partial charge in [0.15, 0.2) is 0 Å². The Hall–Kier alpha value is -1.10. The fourth-order valence-electron chi connectivity index (χ4n) is 0.493. The molecule has 0 radical (unpaired) electrons. The Labute approximate surface area is 70.7 Å². The van der Waals surface area contributed by atoms with E-state index >= 15 is 0 Å². The molecule has 0 fully saturated rings. The van der Waals surface area contributed by atoms with Crippen molar-refractivity contribution in [2.45, 2.75) is 13.1 Å². The predicted octanol–water partition coefficient (Wildman–Crippen LogP) is 0.237. The largest absolute Gasteiger partial charge is 0.453 e. The molecule has 0 spiro atoms. The molecule has 0 aromatic rings. The topological polar surface area (TPSA) is 69.9 Å². The second-order valence-electron chi connectivity index (χ2n) is 1.97. The second kappa shape index (κ2) is 4.71. The summed E-state index contributed by atoms with van der Waals surface area (Å²) in [5.74, 6) is 0.0561. The van der Waals surface area contributed by atoms with E-state index in [0.29, 0.717) is 0 Å². The highest BCUT2D eigenvalue weighted by Crippen LogP contribution is 2.07. The first kappa shape index (κ1) is 10.9. The van der Waals surface area contributed by atoms with Crippen molar-refractivity contribution in [1.82, 2.24) is 0 Å². The van der Waals surface area contributed by atoms with E-state index in [4.69, 9.17) is 15.3 Å². The monoisotopic (exact) mass is 172 g/mol. The molecule has 0 atom stereocenters. The zero-order chi connectivity index (χ0) is 9.61. The van der Waals surface area contributed by atoms with Gasteiger partial charge in [-0.15, -0.1) is 0 Å². The van der Waals surface area contributed by atoms with Crippen LogP contribution in [-0.2, 0) is 4.74 Å². The zero-order valence-electron chi connectivity index (χ0n) is 6.77. The van der Waals surface area contributed by atoms with Crippen LogP contribution >= 0.6 is 0 Å². The summed E-state index contributed by atoms with van der Waals surface area (Å²) in [4.78, 5) is 0. The molecule has 0 aliphatic carbocycles. The van der Waals surface area contributed by atoms with Crippen LogP contribution in [0, 0.1) is 0 Å². The molecule has 0 amide bonds. The van der Waals surface area contributed by atoms with Crippen molar-refractivity contribution in [3.63, 3.8) is 0 Å². The maximum atomic E-state index is 8.39. The Morgan fingerprint density at radius 1 is 1.42 bits per heavy atom. The molecular formula is C8H12O4. The maximum absolute atomic E-state index is 8.39. The highest BCUT2D eigenvalue weighted by atomic mass is 16.9. The Kier molecular flexibility index (Phi) is 4.28. The molecule has 12 heavy (non-hydrogen) atoms. The van der Waals surface area contributed by atoms with Gasteiger partial charge in [0.25, 0.3) is 0 Å². The summed E-state index contributed by atoms with van der Waals surface area (Å²) in [6, 6.07) is 0. The van der Waals surface area contributed by atoms with Crippen molar-refractivity contribution in [1.29, 1.82) is 0 Å². The van der Waals surface area contributed by atoms with Crippen LogP contribution in [0.25, 0.3) is 0 Å². The second-order valence-corrected chi connectivity index (χ2v) is 1.97. The summed E-state index contributed by atoms with van der Waals surface area (Å²) in [5, 5.41) is 25.2. The molecule has 4 nitrogen and oxygen atoms in total. The molecular weight excluding hydrogens is 160 g/mol. The summed E-state index contributed by atoms with van der Waals surface area (Å²) >= 11 is 0. The van der Waals surface area contributed by atoms with E-state index in [1.165, 1.54) is 12.2 Å². The van der Waals surface area contributed by atoms with Gasteiger partial charge in [-0.1, -0.05) is 18.7 Å². The zero-order valence-corrected chi connectivity index (χ0v) is 6.77. The molecule has 0 heterocycles. The molecule has 0 bridgehead atoms. The van der Waals surface area contributed by atoms with Gasteiger partial charge in [0, 0.05) is 0 Å². The number of hydrogen-bond donors (Lipinski definition) is 3. The fraction of sp³-hybridized carbons (Fsp3) is 0.250. The molecule has 0 aliphatic heterocycles. The summed E-state index contributed by atoms with van der Waals surface area (Å²) in [7, 11) is 0. The molecule has 3 N–H and O–H groups in total. The summed E-state index contributed by atoms with van der Waals surface area (Å²) in [5.41, 5.74) is 0. The highest BCUT2D eigenvalue weighted by Gasteiger charge is 2.20. The Bertz CT molecular complexity index is 198. The first-order valence-electron chi connectivity index (χ1n) is 3.31. The van der Waals surface area contributed by atoms with Gasteiger partial charge in [0.05, 0.1) is 0 Å². The van der Waals surface area contributed by atoms with Gasteiger partial charge in [-0.05, 0) is 19.1 Å².